The molecule has 0 unspecified atom stereocenters. The molecule has 2 amide bonds. The molecule has 34 heavy (non-hydrogen) atoms. The Bertz CT molecular complexity index is 983. The molecule has 1 aromatic carbocycles. The zero-order valence-electron chi connectivity index (χ0n) is 20.4. The Morgan fingerprint density at radius 2 is 1.79 bits per heavy atom. The van der Waals surface area contributed by atoms with Crippen molar-refractivity contribution >= 4 is 11.8 Å². The number of pyridine rings is 1. The monoisotopic (exact) mass is 463 g/mol. The maximum absolute atomic E-state index is 13.0. The second-order valence-corrected chi connectivity index (χ2v) is 10.6. The summed E-state index contributed by atoms with van der Waals surface area (Å²) in [5, 5.41) is 17.8. The minimum Gasteiger partial charge on any atom is -0.392 e. The van der Waals surface area contributed by atoms with E-state index in [-0.39, 0.29) is 46.9 Å². The predicted octanol–water partition coefficient (Wildman–Crippen LogP) is 3.96. The SMILES string of the molecule is C[C@@H]1[C@@H]2[C@@H](O)[C@@H]([C@H](C)C(=O)NCc3ccccc3)CC[C@]2(C)CC[C@@H]1NC(=O)c1ccncc1. The average molecular weight is 464 g/mol. The third kappa shape index (κ3) is 5.02. The van der Waals surface area contributed by atoms with Crippen molar-refractivity contribution in [3.05, 3.63) is 66.0 Å². The van der Waals surface area contributed by atoms with Crippen LogP contribution in [0.15, 0.2) is 54.9 Å². The molecule has 0 radical (unpaired) electrons. The third-order valence-electron chi connectivity index (χ3n) is 8.51. The molecule has 1 aromatic heterocycles. The number of nitrogens with one attached hydrogen (secondary N) is 2. The maximum atomic E-state index is 13.0. The zero-order chi connectivity index (χ0) is 24.3. The highest BCUT2D eigenvalue weighted by atomic mass is 16.3. The lowest BCUT2D eigenvalue weighted by Crippen LogP contribution is -2.58. The molecule has 2 aliphatic carbocycles. The van der Waals surface area contributed by atoms with Crippen LogP contribution in [0.3, 0.4) is 0 Å². The summed E-state index contributed by atoms with van der Waals surface area (Å²) in [4.78, 5) is 29.7. The Hall–Kier alpha value is -2.73. The standard InChI is InChI=1S/C28H37N3O3/c1-18(26(33)30-17-20-7-5-4-6-8-20)22-9-13-28(3)14-10-23(19(2)24(28)25(22)32)31-27(34)21-11-15-29-16-12-21/h4-8,11-12,15-16,18-19,22-25,32H,9-10,13-14,17H2,1-3H3,(H,30,33)(H,31,34)/t18-,19-,22+,23-,24+,25-,28+/m0/s1. The van der Waals surface area contributed by atoms with Gasteiger partial charge >= 0.3 is 0 Å². The molecule has 2 saturated carbocycles. The number of amides is 2. The number of rotatable bonds is 6. The van der Waals surface area contributed by atoms with E-state index >= 15 is 0 Å². The number of hydrogen-bond donors (Lipinski definition) is 3. The van der Waals surface area contributed by atoms with Crippen molar-refractivity contribution in [2.45, 2.75) is 65.1 Å². The molecule has 6 heteroatoms. The lowest BCUT2D eigenvalue weighted by Gasteiger charge is -2.56. The van der Waals surface area contributed by atoms with Gasteiger partial charge in [0.2, 0.25) is 5.91 Å². The first-order chi connectivity index (χ1) is 16.3. The lowest BCUT2D eigenvalue weighted by molar-refractivity contribution is -0.142. The Morgan fingerprint density at radius 1 is 1.12 bits per heavy atom. The first kappa shape index (κ1) is 24.4. The van der Waals surface area contributed by atoms with Crippen molar-refractivity contribution < 1.29 is 14.7 Å². The molecule has 2 fully saturated rings. The Kier molecular flexibility index (Phi) is 7.36. The smallest absolute Gasteiger partial charge is 0.251 e. The number of fused-ring (bicyclic) bond motifs is 1. The van der Waals surface area contributed by atoms with Crippen LogP contribution in [-0.4, -0.2) is 34.1 Å². The molecule has 2 aromatic rings. The van der Waals surface area contributed by atoms with Gasteiger partial charge in [-0.1, -0.05) is 51.1 Å². The average Bonchev–Trinajstić information content (AvgIpc) is 2.85. The van der Waals surface area contributed by atoms with Crippen LogP contribution < -0.4 is 10.6 Å². The van der Waals surface area contributed by atoms with Gasteiger partial charge in [-0.15, -0.1) is 0 Å². The number of nitrogens with zero attached hydrogens (tertiary/aromatic N) is 1. The number of aliphatic hydroxyl groups excluding tert-OH is 1. The van der Waals surface area contributed by atoms with Crippen molar-refractivity contribution in [3.8, 4) is 0 Å². The number of carbonyl (C=O) groups excluding carboxylic acids is 2. The summed E-state index contributed by atoms with van der Waals surface area (Å²) in [5.74, 6) is -0.330. The van der Waals surface area contributed by atoms with Crippen LogP contribution >= 0.6 is 0 Å². The molecular formula is C28H37N3O3. The van der Waals surface area contributed by atoms with Gasteiger partial charge < -0.3 is 15.7 Å². The van der Waals surface area contributed by atoms with Crippen LogP contribution in [0.2, 0.25) is 0 Å². The summed E-state index contributed by atoms with van der Waals surface area (Å²) in [6.45, 7) is 6.85. The van der Waals surface area contributed by atoms with Gasteiger partial charge in [-0.2, -0.15) is 0 Å². The fourth-order valence-corrected chi connectivity index (χ4v) is 6.39. The molecule has 1 heterocycles. The molecule has 0 spiro atoms. The van der Waals surface area contributed by atoms with E-state index in [4.69, 9.17) is 0 Å². The first-order valence-electron chi connectivity index (χ1n) is 12.5. The quantitative estimate of drug-likeness (QED) is 0.605. The van der Waals surface area contributed by atoms with Gasteiger partial charge in [-0.25, -0.2) is 0 Å². The van der Waals surface area contributed by atoms with E-state index in [2.05, 4.69) is 29.5 Å². The molecule has 0 bridgehead atoms. The van der Waals surface area contributed by atoms with Crippen molar-refractivity contribution in [3.63, 3.8) is 0 Å². The number of hydrogen-bond acceptors (Lipinski definition) is 4. The summed E-state index contributed by atoms with van der Waals surface area (Å²) in [7, 11) is 0. The maximum Gasteiger partial charge on any atom is 0.251 e. The topological polar surface area (TPSA) is 91.3 Å². The van der Waals surface area contributed by atoms with E-state index < -0.39 is 6.10 Å². The van der Waals surface area contributed by atoms with E-state index in [1.54, 1.807) is 24.5 Å². The molecule has 4 rings (SSSR count). The van der Waals surface area contributed by atoms with Gasteiger partial charge in [0.25, 0.3) is 5.91 Å². The Balaban J connectivity index is 1.42. The van der Waals surface area contributed by atoms with E-state index in [1.165, 1.54) is 0 Å². The van der Waals surface area contributed by atoms with Crippen LogP contribution in [0.25, 0.3) is 0 Å². The molecular weight excluding hydrogens is 426 g/mol. The minimum absolute atomic E-state index is 0.00523. The fourth-order valence-electron chi connectivity index (χ4n) is 6.39. The summed E-state index contributed by atoms with van der Waals surface area (Å²) >= 11 is 0. The van der Waals surface area contributed by atoms with Crippen molar-refractivity contribution in [2.75, 3.05) is 0 Å². The van der Waals surface area contributed by atoms with E-state index in [9.17, 15) is 14.7 Å². The fraction of sp³-hybridized carbons (Fsp3) is 0.536. The highest BCUT2D eigenvalue weighted by molar-refractivity contribution is 5.94. The summed E-state index contributed by atoms with van der Waals surface area (Å²) in [5.41, 5.74) is 1.68. The van der Waals surface area contributed by atoms with E-state index in [0.717, 1.165) is 31.2 Å². The van der Waals surface area contributed by atoms with Gasteiger partial charge in [0.1, 0.15) is 0 Å². The van der Waals surface area contributed by atoms with Crippen LogP contribution in [0, 0.1) is 29.1 Å². The minimum atomic E-state index is -0.577. The number of benzene rings is 1. The lowest BCUT2D eigenvalue weighted by atomic mass is 9.51. The number of aromatic nitrogens is 1. The second kappa shape index (κ2) is 10.3. The van der Waals surface area contributed by atoms with Gasteiger partial charge in [0, 0.05) is 36.5 Å². The number of carbonyl (C=O) groups is 2. The van der Waals surface area contributed by atoms with Crippen LogP contribution in [0.5, 0.6) is 0 Å². The summed E-state index contributed by atoms with van der Waals surface area (Å²) in [6, 6.07) is 13.3. The van der Waals surface area contributed by atoms with Crippen molar-refractivity contribution in [2.24, 2.45) is 29.1 Å². The second-order valence-electron chi connectivity index (χ2n) is 10.6. The summed E-state index contributed by atoms with van der Waals surface area (Å²) < 4.78 is 0. The molecule has 2 aliphatic rings. The highest BCUT2D eigenvalue weighted by Crippen LogP contribution is 2.55. The normalized spacial score (nSPS) is 31.7. The van der Waals surface area contributed by atoms with Crippen LogP contribution in [-0.2, 0) is 11.3 Å². The van der Waals surface area contributed by atoms with Gasteiger partial charge in [0.05, 0.1) is 6.10 Å². The molecule has 0 aliphatic heterocycles. The highest BCUT2D eigenvalue weighted by Gasteiger charge is 2.53. The number of aliphatic hydroxyl groups is 1. The predicted molar refractivity (Wildman–Crippen MR) is 132 cm³/mol. The molecule has 3 N–H and O–H groups in total. The molecule has 7 atom stereocenters. The van der Waals surface area contributed by atoms with E-state index in [1.807, 2.05) is 37.3 Å². The third-order valence-corrected chi connectivity index (χ3v) is 8.51. The van der Waals surface area contributed by atoms with Crippen molar-refractivity contribution in [1.29, 1.82) is 0 Å². The largest absolute Gasteiger partial charge is 0.392 e. The summed E-state index contributed by atoms with van der Waals surface area (Å²) in [6.07, 6.45) is 6.36. The van der Waals surface area contributed by atoms with E-state index in [0.29, 0.717) is 12.1 Å². The molecule has 182 valence electrons. The van der Waals surface area contributed by atoms with Crippen LogP contribution in [0.1, 0.15) is 62.4 Å². The zero-order valence-corrected chi connectivity index (χ0v) is 20.4. The van der Waals surface area contributed by atoms with Gasteiger partial charge in [0.15, 0.2) is 0 Å². The molecule has 6 nitrogen and oxygen atoms in total. The van der Waals surface area contributed by atoms with Crippen molar-refractivity contribution in [1.82, 2.24) is 15.6 Å². The first-order valence-corrected chi connectivity index (χ1v) is 12.5. The van der Waals surface area contributed by atoms with Gasteiger partial charge in [-0.3, -0.25) is 14.6 Å². The Labute approximate surface area is 202 Å². The molecule has 0 saturated heterocycles. The Morgan fingerprint density at radius 3 is 2.50 bits per heavy atom. The van der Waals surface area contributed by atoms with Gasteiger partial charge in [-0.05, 0) is 66.5 Å². The van der Waals surface area contributed by atoms with Crippen LogP contribution in [0.4, 0.5) is 0 Å².